The maximum Gasteiger partial charge on any atom is 0.271 e. The van der Waals surface area contributed by atoms with Crippen molar-refractivity contribution >= 4 is 5.91 Å². The first-order valence-corrected chi connectivity index (χ1v) is 9.85. The second-order valence-corrected chi connectivity index (χ2v) is 7.24. The maximum absolute atomic E-state index is 12.8. The molecule has 0 aliphatic carbocycles. The number of aryl methyl sites for hydroxylation is 2. The van der Waals surface area contributed by atoms with E-state index in [9.17, 15) is 9.59 Å². The van der Waals surface area contributed by atoms with Crippen molar-refractivity contribution in [1.29, 1.82) is 0 Å². The average molecular weight is 425 g/mol. The second kappa shape index (κ2) is 9.03. The van der Waals surface area contributed by atoms with E-state index in [2.05, 4.69) is 15.5 Å². The van der Waals surface area contributed by atoms with Crippen molar-refractivity contribution in [2.24, 2.45) is 7.05 Å². The summed E-state index contributed by atoms with van der Waals surface area (Å²) >= 11 is 0. The number of methoxy groups -OCH3 is 2. The molecule has 0 aliphatic heterocycles. The molecule has 1 aromatic carbocycles. The predicted octanol–water partition coefficient (Wildman–Crippen LogP) is 2.16. The molecular formula is C22H27N5O4. The van der Waals surface area contributed by atoms with Crippen LogP contribution in [0.1, 0.15) is 29.9 Å². The summed E-state index contributed by atoms with van der Waals surface area (Å²) in [6.45, 7) is 5.80. The molecule has 0 radical (unpaired) electrons. The van der Waals surface area contributed by atoms with Gasteiger partial charge < -0.3 is 14.8 Å². The average Bonchev–Trinajstić information content (AvgIpc) is 3.02. The fourth-order valence-electron chi connectivity index (χ4n) is 3.34. The van der Waals surface area contributed by atoms with Crippen LogP contribution in [-0.2, 0) is 18.4 Å². The first-order valence-electron chi connectivity index (χ1n) is 9.85. The summed E-state index contributed by atoms with van der Waals surface area (Å²) in [5.74, 6) is 0.716. The molecule has 0 saturated heterocycles. The molecule has 1 atom stereocenters. The summed E-state index contributed by atoms with van der Waals surface area (Å²) in [4.78, 5) is 25.4. The maximum atomic E-state index is 12.8. The van der Waals surface area contributed by atoms with E-state index in [1.54, 1.807) is 30.8 Å². The van der Waals surface area contributed by atoms with Gasteiger partial charge in [0.15, 0.2) is 5.75 Å². The first-order chi connectivity index (χ1) is 14.8. The van der Waals surface area contributed by atoms with Gasteiger partial charge in [0.2, 0.25) is 5.91 Å². The monoisotopic (exact) mass is 425 g/mol. The minimum Gasteiger partial charge on any atom is -0.497 e. The lowest BCUT2D eigenvalue weighted by Crippen LogP contribution is -2.37. The molecule has 1 N–H and O–H groups in total. The van der Waals surface area contributed by atoms with E-state index in [0.29, 0.717) is 23.7 Å². The van der Waals surface area contributed by atoms with Crippen LogP contribution in [0.5, 0.6) is 11.5 Å². The molecule has 164 valence electrons. The van der Waals surface area contributed by atoms with Gasteiger partial charge in [-0.2, -0.15) is 10.2 Å². The molecule has 0 bridgehead atoms. The molecule has 0 aliphatic rings. The SMILES string of the molecule is COc1ccc(-c2nn([C@@H](C)C(=O)NCc3c(C)nn(C)c3C)c(=O)cc2OC)cc1. The second-order valence-electron chi connectivity index (χ2n) is 7.24. The van der Waals surface area contributed by atoms with Crippen LogP contribution < -0.4 is 20.3 Å². The fourth-order valence-corrected chi connectivity index (χ4v) is 3.34. The number of benzene rings is 1. The fraction of sp³-hybridized carbons (Fsp3) is 0.364. The van der Waals surface area contributed by atoms with Crippen LogP contribution in [0, 0.1) is 13.8 Å². The number of aromatic nitrogens is 4. The molecule has 0 unspecified atom stereocenters. The number of ether oxygens (including phenoxy) is 2. The van der Waals surface area contributed by atoms with Gasteiger partial charge in [-0.05, 0) is 45.0 Å². The molecule has 1 amide bonds. The van der Waals surface area contributed by atoms with E-state index >= 15 is 0 Å². The molecule has 9 heteroatoms. The van der Waals surface area contributed by atoms with Gasteiger partial charge in [-0.1, -0.05) is 0 Å². The van der Waals surface area contributed by atoms with Crippen LogP contribution in [0.3, 0.4) is 0 Å². The van der Waals surface area contributed by atoms with E-state index in [1.807, 2.05) is 33.0 Å². The Bertz CT molecular complexity index is 1150. The number of carbonyl (C=O) groups excluding carboxylic acids is 1. The quantitative estimate of drug-likeness (QED) is 0.623. The molecule has 0 saturated carbocycles. The Kier molecular flexibility index (Phi) is 6.43. The van der Waals surface area contributed by atoms with Gasteiger partial charge in [-0.15, -0.1) is 0 Å². The minimum atomic E-state index is -0.812. The smallest absolute Gasteiger partial charge is 0.271 e. The molecule has 0 spiro atoms. The number of hydrogen-bond acceptors (Lipinski definition) is 6. The summed E-state index contributed by atoms with van der Waals surface area (Å²) < 4.78 is 13.5. The van der Waals surface area contributed by atoms with Crippen molar-refractivity contribution in [1.82, 2.24) is 24.9 Å². The molecule has 31 heavy (non-hydrogen) atoms. The van der Waals surface area contributed by atoms with Gasteiger partial charge in [0, 0.05) is 36.5 Å². The largest absolute Gasteiger partial charge is 0.497 e. The zero-order chi connectivity index (χ0) is 22.7. The van der Waals surface area contributed by atoms with Crippen molar-refractivity contribution in [3.8, 4) is 22.8 Å². The number of hydrogen-bond donors (Lipinski definition) is 1. The zero-order valence-corrected chi connectivity index (χ0v) is 18.6. The lowest BCUT2D eigenvalue weighted by molar-refractivity contribution is -0.124. The third-order valence-electron chi connectivity index (χ3n) is 5.35. The van der Waals surface area contributed by atoms with E-state index < -0.39 is 11.6 Å². The number of carbonyl (C=O) groups is 1. The van der Waals surface area contributed by atoms with Crippen LogP contribution in [0.15, 0.2) is 35.1 Å². The molecule has 9 nitrogen and oxygen atoms in total. The highest BCUT2D eigenvalue weighted by Gasteiger charge is 2.21. The summed E-state index contributed by atoms with van der Waals surface area (Å²) in [5, 5.41) is 11.7. The van der Waals surface area contributed by atoms with Crippen molar-refractivity contribution < 1.29 is 14.3 Å². The molecule has 2 heterocycles. The van der Waals surface area contributed by atoms with Crippen molar-refractivity contribution in [2.75, 3.05) is 14.2 Å². The van der Waals surface area contributed by atoms with E-state index in [4.69, 9.17) is 9.47 Å². The topological polar surface area (TPSA) is 100 Å². The Balaban J connectivity index is 1.88. The molecule has 2 aromatic heterocycles. The predicted molar refractivity (Wildman–Crippen MR) is 116 cm³/mol. The summed E-state index contributed by atoms with van der Waals surface area (Å²) in [5.41, 5.74) is 3.56. The number of amides is 1. The highest BCUT2D eigenvalue weighted by molar-refractivity contribution is 5.80. The zero-order valence-electron chi connectivity index (χ0n) is 18.6. The Morgan fingerprint density at radius 3 is 2.35 bits per heavy atom. The van der Waals surface area contributed by atoms with Crippen LogP contribution in [-0.4, -0.2) is 39.7 Å². The third-order valence-corrected chi connectivity index (χ3v) is 5.35. The number of rotatable bonds is 7. The first kappa shape index (κ1) is 22.1. The van der Waals surface area contributed by atoms with Gasteiger partial charge in [0.1, 0.15) is 17.5 Å². The Hall–Kier alpha value is -3.62. The standard InChI is InChI=1S/C22H27N5O4/c1-13-18(14(2)26(4)24-13)12-23-22(29)15(3)27-20(28)11-19(31-6)21(25-27)16-7-9-17(30-5)10-8-16/h7-11,15H,12H2,1-6H3,(H,23,29)/t15-/m0/s1. The number of nitrogens with zero attached hydrogens (tertiary/aromatic N) is 4. The van der Waals surface area contributed by atoms with E-state index in [0.717, 1.165) is 22.5 Å². The van der Waals surface area contributed by atoms with Crippen molar-refractivity contribution in [2.45, 2.75) is 33.4 Å². The molecule has 3 aromatic rings. The van der Waals surface area contributed by atoms with E-state index in [1.165, 1.54) is 17.9 Å². The lowest BCUT2D eigenvalue weighted by Gasteiger charge is -2.17. The van der Waals surface area contributed by atoms with Gasteiger partial charge >= 0.3 is 0 Å². The van der Waals surface area contributed by atoms with Gasteiger partial charge in [0.05, 0.1) is 19.9 Å². The highest BCUT2D eigenvalue weighted by atomic mass is 16.5. The van der Waals surface area contributed by atoms with Crippen molar-refractivity contribution in [3.05, 3.63) is 57.6 Å². The normalized spacial score (nSPS) is 11.8. The van der Waals surface area contributed by atoms with E-state index in [-0.39, 0.29) is 5.91 Å². The molecule has 3 rings (SSSR count). The highest BCUT2D eigenvalue weighted by Crippen LogP contribution is 2.28. The van der Waals surface area contributed by atoms with Gasteiger partial charge in [-0.25, -0.2) is 4.68 Å². The third kappa shape index (κ3) is 4.45. The summed E-state index contributed by atoms with van der Waals surface area (Å²) in [6, 6.07) is 7.74. The Morgan fingerprint density at radius 2 is 1.81 bits per heavy atom. The van der Waals surface area contributed by atoms with Crippen LogP contribution in [0.2, 0.25) is 0 Å². The molecular weight excluding hydrogens is 398 g/mol. The van der Waals surface area contributed by atoms with Crippen LogP contribution in [0.25, 0.3) is 11.3 Å². The summed E-state index contributed by atoms with van der Waals surface area (Å²) in [7, 11) is 4.92. The van der Waals surface area contributed by atoms with Gasteiger partial charge in [0.25, 0.3) is 5.56 Å². The Labute approximate surface area is 180 Å². The molecule has 0 fully saturated rings. The Morgan fingerprint density at radius 1 is 1.13 bits per heavy atom. The number of nitrogens with one attached hydrogen (secondary N) is 1. The van der Waals surface area contributed by atoms with Crippen molar-refractivity contribution in [3.63, 3.8) is 0 Å². The lowest BCUT2D eigenvalue weighted by atomic mass is 10.1. The summed E-state index contributed by atoms with van der Waals surface area (Å²) in [6.07, 6.45) is 0. The van der Waals surface area contributed by atoms with Gasteiger partial charge in [-0.3, -0.25) is 14.3 Å². The minimum absolute atomic E-state index is 0.317. The van der Waals surface area contributed by atoms with Crippen LogP contribution in [0.4, 0.5) is 0 Å². The van der Waals surface area contributed by atoms with Crippen LogP contribution >= 0.6 is 0 Å².